The van der Waals surface area contributed by atoms with E-state index in [1.165, 1.54) is 23.9 Å². The second kappa shape index (κ2) is 9.84. The maximum absolute atomic E-state index is 13.8. The summed E-state index contributed by atoms with van der Waals surface area (Å²) in [4.78, 5) is 13.8. The zero-order valence-corrected chi connectivity index (χ0v) is 19.2. The van der Waals surface area contributed by atoms with E-state index in [0.717, 1.165) is 28.2 Å². The molecule has 2 aromatic carbocycles. The number of amides is 1. The second-order valence-corrected chi connectivity index (χ2v) is 9.66. The zero-order valence-electron chi connectivity index (χ0n) is 17.6. The molecule has 0 aliphatic carbocycles. The maximum Gasteiger partial charge on any atom is 0.230 e. The highest BCUT2D eigenvalue weighted by molar-refractivity contribution is 7.99. The molecule has 1 N–H and O–H groups in total. The molecule has 1 unspecified atom stereocenters. The standard InChI is InChI=1S/C24H21FN4O2S2/c25-17-8-9-21-18(13-17)19(10-12-32-21)26-22(30)15-33-24-28-27-23(20-7-4-11-31-20)29(24)14-16-5-2-1-3-6-16/h1-9,11,13,19H,10,12,14-15H2,(H,26,30). The Bertz CT molecular complexity index is 1240. The van der Waals surface area contributed by atoms with Crippen LogP contribution in [-0.4, -0.2) is 32.2 Å². The fourth-order valence-electron chi connectivity index (χ4n) is 3.77. The minimum atomic E-state index is -0.288. The SMILES string of the molecule is O=C(CSc1nnc(-c2ccco2)n1Cc1ccccc1)NC1CCSc2ccc(F)cc21. The van der Waals surface area contributed by atoms with Crippen LogP contribution in [0.25, 0.3) is 11.6 Å². The number of thioether (sulfide) groups is 2. The lowest BCUT2D eigenvalue weighted by Gasteiger charge is -2.26. The number of fused-ring (bicyclic) bond motifs is 1. The first-order valence-corrected chi connectivity index (χ1v) is 12.5. The molecule has 0 spiro atoms. The molecule has 0 fully saturated rings. The van der Waals surface area contributed by atoms with Gasteiger partial charge < -0.3 is 9.73 Å². The van der Waals surface area contributed by atoms with E-state index in [4.69, 9.17) is 4.42 Å². The molecule has 0 saturated carbocycles. The predicted molar refractivity (Wildman–Crippen MR) is 127 cm³/mol. The molecule has 9 heteroatoms. The first kappa shape index (κ1) is 21.8. The highest BCUT2D eigenvalue weighted by Gasteiger charge is 2.24. The van der Waals surface area contributed by atoms with Crippen LogP contribution in [-0.2, 0) is 11.3 Å². The Morgan fingerprint density at radius 1 is 1.18 bits per heavy atom. The summed E-state index contributed by atoms with van der Waals surface area (Å²) in [6.07, 6.45) is 2.37. The number of nitrogens with one attached hydrogen (secondary N) is 1. The van der Waals surface area contributed by atoms with E-state index in [0.29, 0.717) is 23.3 Å². The summed E-state index contributed by atoms with van der Waals surface area (Å²) in [6.45, 7) is 0.556. The summed E-state index contributed by atoms with van der Waals surface area (Å²) in [5, 5.41) is 12.3. The van der Waals surface area contributed by atoms with Crippen LogP contribution in [0.4, 0.5) is 4.39 Å². The first-order valence-electron chi connectivity index (χ1n) is 10.5. The van der Waals surface area contributed by atoms with Crippen LogP contribution in [0.1, 0.15) is 23.6 Å². The molecular weight excluding hydrogens is 459 g/mol. The summed E-state index contributed by atoms with van der Waals surface area (Å²) in [7, 11) is 0. The predicted octanol–water partition coefficient (Wildman–Crippen LogP) is 5.17. The lowest BCUT2D eigenvalue weighted by molar-refractivity contribution is -0.119. The highest BCUT2D eigenvalue weighted by Crippen LogP contribution is 2.36. The van der Waals surface area contributed by atoms with Crippen LogP contribution < -0.4 is 5.32 Å². The molecule has 1 amide bonds. The quantitative estimate of drug-likeness (QED) is 0.368. The largest absolute Gasteiger partial charge is 0.461 e. The Morgan fingerprint density at radius 3 is 2.88 bits per heavy atom. The number of hydrogen-bond donors (Lipinski definition) is 1. The van der Waals surface area contributed by atoms with Gasteiger partial charge in [-0.1, -0.05) is 42.1 Å². The van der Waals surface area contributed by atoms with Gasteiger partial charge in [0.15, 0.2) is 10.9 Å². The highest BCUT2D eigenvalue weighted by atomic mass is 32.2. The third kappa shape index (κ3) is 4.99. The van der Waals surface area contributed by atoms with Gasteiger partial charge >= 0.3 is 0 Å². The van der Waals surface area contributed by atoms with Gasteiger partial charge in [-0.2, -0.15) is 0 Å². The molecule has 1 atom stereocenters. The van der Waals surface area contributed by atoms with Gasteiger partial charge in [0.2, 0.25) is 11.7 Å². The zero-order chi connectivity index (χ0) is 22.6. The average Bonchev–Trinajstić information content (AvgIpc) is 3.49. The molecular formula is C24H21FN4O2S2. The van der Waals surface area contributed by atoms with Crippen LogP contribution in [0.3, 0.4) is 0 Å². The lowest BCUT2D eigenvalue weighted by Crippen LogP contribution is -2.32. The minimum absolute atomic E-state index is 0.124. The van der Waals surface area contributed by atoms with Crippen molar-refractivity contribution < 1.29 is 13.6 Å². The van der Waals surface area contributed by atoms with Crippen molar-refractivity contribution in [3.05, 3.63) is 83.9 Å². The Labute approximate surface area is 199 Å². The number of benzene rings is 2. The number of aromatic nitrogens is 3. The Balaban J connectivity index is 1.31. The number of furan rings is 1. The third-order valence-electron chi connectivity index (χ3n) is 5.32. The number of carbonyl (C=O) groups excluding carboxylic acids is 1. The van der Waals surface area contributed by atoms with E-state index >= 15 is 0 Å². The molecule has 2 aromatic heterocycles. The smallest absolute Gasteiger partial charge is 0.230 e. The van der Waals surface area contributed by atoms with Crippen molar-refractivity contribution in [1.29, 1.82) is 0 Å². The summed E-state index contributed by atoms with van der Waals surface area (Å²) < 4.78 is 21.3. The summed E-state index contributed by atoms with van der Waals surface area (Å²) >= 11 is 3.01. The Kier molecular flexibility index (Phi) is 6.50. The van der Waals surface area contributed by atoms with Crippen molar-refractivity contribution in [1.82, 2.24) is 20.1 Å². The molecule has 5 rings (SSSR count). The van der Waals surface area contributed by atoms with Crippen molar-refractivity contribution in [3.63, 3.8) is 0 Å². The Morgan fingerprint density at radius 2 is 2.06 bits per heavy atom. The second-order valence-electron chi connectivity index (χ2n) is 7.58. The van der Waals surface area contributed by atoms with E-state index in [1.54, 1.807) is 30.2 Å². The molecule has 33 heavy (non-hydrogen) atoms. The fraction of sp³-hybridized carbons (Fsp3) is 0.208. The molecule has 6 nitrogen and oxygen atoms in total. The van der Waals surface area contributed by atoms with E-state index in [2.05, 4.69) is 15.5 Å². The van der Waals surface area contributed by atoms with E-state index in [1.807, 2.05) is 41.0 Å². The summed E-state index contributed by atoms with van der Waals surface area (Å²) in [5.74, 6) is 1.88. The minimum Gasteiger partial charge on any atom is -0.461 e. The molecule has 0 radical (unpaired) electrons. The molecule has 1 aliphatic heterocycles. The normalized spacial score (nSPS) is 15.2. The van der Waals surface area contributed by atoms with Crippen molar-refractivity contribution >= 4 is 29.4 Å². The average molecular weight is 481 g/mol. The van der Waals surface area contributed by atoms with Gasteiger partial charge in [-0.25, -0.2) is 4.39 Å². The number of nitrogens with zero attached hydrogens (tertiary/aromatic N) is 3. The van der Waals surface area contributed by atoms with Gasteiger partial charge in [0, 0.05) is 10.6 Å². The van der Waals surface area contributed by atoms with Crippen LogP contribution in [0.5, 0.6) is 0 Å². The van der Waals surface area contributed by atoms with Gasteiger partial charge in [-0.3, -0.25) is 9.36 Å². The molecule has 0 bridgehead atoms. The van der Waals surface area contributed by atoms with Crippen LogP contribution in [0.15, 0.2) is 81.4 Å². The fourth-order valence-corrected chi connectivity index (χ4v) is 5.63. The van der Waals surface area contributed by atoms with E-state index in [-0.39, 0.29) is 23.5 Å². The monoisotopic (exact) mass is 480 g/mol. The molecule has 1 aliphatic rings. The van der Waals surface area contributed by atoms with Gasteiger partial charge in [-0.05, 0) is 47.9 Å². The van der Waals surface area contributed by atoms with Crippen LogP contribution >= 0.6 is 23.5 Å². The van der Waals surface area contributed by atoms with Crippen LogP contribution in [0, 0.1) is 5.82 Å². The number of rotatable bonds is 7. The van der Waals surface area contributed by atoms with E-state index < -0.39 is 0 Å². The van der Waals surface area contributed by atoms with Gasteiger partial charge in [-0.15, -0.1) is 22.0 Å². The van der Waals surface area contributed by atoms with Crippen molar-refractivity contribution in [2.75, 3.05) is 11.5 Å². The van der Waals surface area contributed by atoms with Gasteiger partial charge in [0.1, 0.15) is 5.82 Å². The number of halogens is 1. The molecule has 168 valence electrons. The Hall–Kier alpha value is -3.04. The van der Waals surface area contributed by atoms with Crippen molar-refractivity contribution in [3.8, 4) is 11.6 Å². The number of carbonyl (C=O) groups is 1. The topological polar surface area (TPSA) is 73.0 Å². The van der Waals surface area contributed by atoms with Gasteiger partial charge in [0.25, 0.3) is 0 Å². The number of hydrogen-bond acceptors (Lipinski definition) is 6. The van der Waals surface area contributed by atoms with E-state index in [9.17, 15) is 9.18 Å². The lowest BCUT2D eigenvalue weighted by atomic mass is 10.0. The third-order valence-corrected chi connectivity index (χ3v) is 7.41. The van der Waals surface area contributed by atoms with Crippen molar-refractivity contribution in [2.24, 2.45) is 0 Å². The molecule has 4 aromatic rings. The van der Waals surface area contributed by atoms with Gasteiger partial charge in [0.05, 0.1) is 24.6 Å². The first-order chi connectivity index (χ1) is 16.2. The van der Waals surface area contributed by atoms with Crippen molar-refractivity contribution in [2.45, 2.75) is 29.1 Å². The van der Waals surface area contributed by atoms with Crippen LogP contribution in [0.2, 0.25) is 0 Å². The molecule has 0 saturated heterocycles. The molecule has 3 heterocycles. The summed E-state index contributed by atoms with van der Waals surface area (Å²) in [5.41, 5.74) is 1.94. The maximum atomic E-state index is 13.8. The summed E-state index contributed by atoms with van der Waals surface area (Å²) in [6, 6.07) is 18.2.